The molecule has 3 aliphatic rings. The van der Waals surface area contributed by atoms with Crippen LogP contribution < -0.4 is 16.0 Å². The number of hydrogen-bond acceptors (Lipinski definition) is 4. The zero-order valence-corrected chi connectivity index (χ0v) is 24.2. The summed E-state index contributed by atoms with van der Waals surface area (Å²) >= 11 is 0. The average molecular weight is 537 g/mol. The van der Waals surface area contributed by atoms with Crippen LogP contribution >= 0.6 is 0 Å². The highest BCUT2D eigenvalue weighted by Gasteiger charge is 2.46. The highest BCUT2D eigenvalue weighted by Crippen LogP contribution is 2.45. The van der Waals surface area contributed by atoms with Crippen LogP contribution in [0, 0.1) is 32.6 Å². The first-order chi connectivity index (χ1) is 19.1. The SMILES string of the molecule is C=Cc1c2[nH]c(c1C)/C=C1\NC(C3=C(C(=O)OC)C(=O)c4c3[nH]c(c4C)/C=c3\[nH]/c(c(C)c3CC)=C\2)[C@@H](C)[C@@H]1C. The molecule has 3 atom stereocenters. The summed E-state index contributed by atoms with van der Waals surface area (Å²) in [6.07, 6.45) is 9.17. The van der Waals surface area contributed by atoms with Crippen molar-refractivity contribution < 1.29 is 14.3 Å². The number of fused-ring (bicyclic) bond motifs is 8. The van der Waals surface area contributed by atoms with Crippen LogP contribution in [0.15, 0.2) is 17.8 Å². The van der Waals surface area contributed by atoms with Gasteiger partial charge in [-0.1, -0.05) is 33.4 Å². The molecule has 40 heavy (non-hydrogen) atoms. The van der Waals surface area contributed by atoms with Gasteiger partial charge in [0.05, 0.1) is 24.4 Å². The second kappa shape index (κ2) is 9.15. The lowest BCUT2D eigenvalue weighted by Crippen LogP contribution is -2.29. The fourth-order valence-electron chi connectivity index (χ4n) is 6.77. The minimum atomic E-state index is -0.600. The molecule has 4 N–H and O–H groups in total. The number of ketones is 1. The minimum Gasteiger partial charge on any atom is -0.465 e. The van der Waals surface area contributed by atoms with Crippen molar-refractivity contribution in [1.82, 2.24) is 20.3 Å². The van der Waals surface area contributed by atoms with E-state index in [0.29, 0.717) is 16.8 Å². The summed E-state index contributed by atoms with van der Waals surface area (Å²) in [5.41, 5.74) is 11.4. The number of esters is 1. The lowest BCUT2D eigenvalue weighted by Gasteiger charge is -2.20. The van der Waals surface area contributed by atoms with Crippen molar-refractivity contribution in [2.75, 3.05) is 7.11 Å². The van der Waals surface area contributed by atoms with Gasteiger partial charge in [-0.3, -0.25) is 4.79 Å². The van der Waals surface area contributed by atoms with Crippen molar-refractivity contribution in [2.24, 2.45) is 11.8 Å². The molecule has 0 radical (unpaired) electrons. The summed E-state index contributed by atoms with van der Waals surface area (Å²) in [5.74, 6) is -0.600. The normalized spacial score (nSPS) is 24.1. The Morgan fingerprint density at radius 2 is 1.68 bits per heavy atom. The van der Waals surface area contributed by atoms with Crippen LogP contribution in [0.3, 0.4) is 0 Å². The van der Waals surface area contributed by atoms with Crippen LogP contribution in [-0.2, 0) is 16.0 Å². The molecule has 206 valence electrons. The third-order valence-corrected chi connectivity index (χ3v) is 9.36. The first-order valence-electron chi connectivity index (χ1n) is 13.9. The van der Waals surface area contributed by atoms with E-state index in [2.05, 4.69) is 79.7 Å². The van der Waals surface area contributed by atoms with Gasteiger partial charge in [-0.25, -0.2) is 4.79 Å². The van der Waals surface area contributed by atoms with Gasteiger partial charge in [0.2, 0.25) is 5.78 Å². The van der Waals surface area contributed by atoms with E-state index >= 15 is 0 Å². The van der Waals surface area contributed by atoms with E-state index in [1.165, 1.54) is 18.2 Å². The predicted octanol–water partition coefficient (Wildman–Crippen LogP) is 4.18. The maximum Gasteiger partial charge on any atom is 0.342 e. The van der Waals surface area contributed by atoms with Crippen LogP contribution in [0.2, 0.25) is 0 Å². The molecule has 1 aliphatic carbocycles. The summed E-state index contributed by atoms with van der Waals surface area (Å²) in [6.45, 7) is 16.8. The average Bonchev–Trinajstić information content (AvgIpc) is 3.66. The fourth-order valence-corrected chi connectivity index (χ4v) is 6.77. The second-order valence-corrected chi connectivity index (χ2v) is 11.3. The summed E-state index contributed by atoms with van der Waals surface area (Å²) in [5, 5.41) is 5.73. The first kappa shape index (κ1) is 26.0. The molecule has 1 unspecified atom stereocenters. The van der Waals surface area contributed by atoms with Gasteiger partial charge in [-0.15, -0.1) is 0 Å². The molecule has 0 aromatic carbocycles. The van der Waals surface area contributed by atoms with Gasteiger partial charge in [0.1, 0.15) is 5.57 Å². The molecule has 5 heterocycles. The standard InChI is InChI=1S/C33H36N4O3/c1-9-19-16(5)22-11-21-14(3)15(4)30(36-21)28-29(33(39)40-8)32(38)27-18(7)24(37-31(27)28)13-26-20(10-2)17(6)23(35-26)12-25(19)34-22/h9,11-15,30,34-37H,1,10H2,2-8H3/b21-11-,23-12-,26-13-/t14-,15-,30?/m0/s1. The molecule has 0 saturated carbocycles. The number of H-pyrrole nitrogens is 3. The number of hydrogen-bond donors (Lipinski definition) is 4. The van der Waals surface area contributed by atoms with Crippen molar-refractivity contribution in [3.05, 3.63) is 84.7 Å². The van der Waals surface area contributed by atoms with Crippen LogP contribution in [0.4, 0.5) is 0 Å². The quantitative estimate of drug-likeness (QED) is 0.298. The van der Waals surface area contributed by atoms with Crippen molar-refractivity contribution in [3.63, 3.8) is 0 Å². The van der Waals surface area contributed by atoms with Crippen LogP contribution in [0.1, 0.15) is 81.7 Å². The van der Waals surface area contributed by atoms with Gasteiger partial charge in [0.25, 0.3) is 0 Å². The third kappa shape index (κ3) is 3.49. The molecule has 0 amide bonds. The Hall–Kier alpha value is -4.26. The Morgan fingerprint density at radius 1 is 0.975 bits per heavy atom. The van der Waals surface area contributed by atoms with E-state index in [-0.39, 0.29) is 29.2 Å². The largest absolute Gasteiger partial charge is 0.465 e. The van der Waals surface area contributed by atoms with Gasteiger partial charge in [0, 0.05) is 50.5 Å². The molecule has 3 aromatic heterocycles. The van der Waals surface area contributed by atoms with E-state index in [1.807, 2.05) is 13.0 Å². The minimum absolute atomic E-state index is 0.117. The zero-order valence-electron chi connectivity index (χ0n) is 24.2. The highest BCUT2D eigenvalue weighted by atomic mass is 16.5. The van der Waals surface area contributed by atoms with Gasteiger partial charge in [-0.2, -0.15) is 0 Å². The summed E-state index contributed by atoms with van der Waals surface area (Å²) < 4.78 is 5.12. The Bertz CT molecular complexity index is 1820. The summed E-state index contributed by atoms with van der Waals surface area (Å²) in [4.78, 5) is 37.7. The second-order valence-electron chi connectivity index (χ2n) is 11.3. The maximum atomic E-state index is 13.8. The van der Waals surface area contributed by atoms with E-state index < -0.39 is 5.97 Å². The number of aromatic amines is 3. The lowest BCUT2D eigenvalue weighted by atomic mass is 9.86. The number of methoxy groups -OCH3 is 1. The topological polar surface area (TPSA) is 103 Å². The molecule has 6 rings (SSSR count). The number of allylic oxidation sites excluding steroid dienone is 1. The number of Topliss-reactive ketones (excluding diaryl/α,β-unsaturated/α-hetero) is 1. The number of aromatic nitrogens is 3. The third-order valence-electron chi connectivity index (χ3n) is 9.36. The molecule has 0 spiro atoms. The zero-order chi connectivity index (χ0) is 28.6. The Balaban J connectivity index is 1.73. The molecular weight excluding hydrogens is 500 g/mol. The van der Waals surface area contributed by atoms with Gasteiger partial charge in [-0.05, 0) is 73.6 Å². The van der Waals surface area contributed by atoms with Gasteiger partial charge in [0.15, 0.2) is 0 Å². The fraction of sp³-hybridized carbons (Fsp3) is 0.333. The van der Waals surface area contributed by atoms with Gasteiger partial charge >= 0.3 is 5.97 Å². The molecule has 1 saturated heterocycles. The van der Waals surface area contributed by atoms with Crippen molar-refractivity contribution in [1.29, 1.82) is 0 Å². The number of ether oxygens (including phenoxy) is 1. The number of carbonyl (C=O) groups excluding carboxylic acids is 2. The molecule has 1 fully saturated rings. The van der Waals surface area contributed by atoms with E-state index in [0.717, 1.165) is 56.6 Å². The number of carbonyl (C=O) groups is 2. The van der Waals surface area contributed by atoms with Crippen LogP contribution in [0.5, 0.6) is 0 Å². The smallest absolute Gasteiger partial charge is 0.342 e. The summed E-state index contributed by atoms with van der Waals surface area (Å²) in [7, 11) is 1.33. The van der Waals surface area contributed by atoms with Crippen molar-refractivity contribution >= 4 is 41.6 Å². The van der Waals surface area contributed by atoms with E-state index in [4.69, 9.17) is 4.74 Å². The molecule has 2 aliphatic heterocycles. The van der Waals surface area contributed by atoms with E-state index in [1.54, 1.807) is 0 Å². The first-order valence-corrected chi connectivity index (χ1v) is 13.9. The molecule has 7 heteroatoms. The monoisotopic (exact) mass is 536 g/mol. The van der Waals surface area contributed by atoms with Crippen LogP contribution in [0.25, 0.3) is 29.9 Å². The molecular formula is C33H36N4O3. The molecule has 7 nitrogen and oxygen atoms in total. The van der Waals surface area contributed by atoms with Crippen LogP contribution in [-0.4, -0.2) is 39.9 Å². The Kier molecular flexibility index (Phi) is 5.95. The number of rotatable bonds is 3. The lowest BCUT2D eigenvalue weighted by molar-refractivity contribution is -0.135. The Labute approximate surface area is 233 Å². The van der Waals surface area contributed by atoms with Crippen molar-refractivity contribution in [3.8, 4) is 0 Å². The van der Waals surface area contributed by atoms with Crippen molar-refractivity contribution in [2.45, 2.75) is 54.0 Å². The Morgan fingerprint density at radius 3 is 2.35 bits per heavy atom. The molecule has 3 aromatic rings. The van der Waals surface area contributed by atoms with E-state index in [9.17, 15) is 9.59 Å². The van der Waals surface area contributed by atoms with Gasteiger partial charge < -0.3 is 25.0 Å². The number of nitrogens with one attached hydrogen (secondary N) is 4. The highest BCUT2D eigenvalue weighted by molar-refractivity contribution is 6.34. The maximum absolute atomic E-state index is 13.8. The summed E-state index contributed by atoms with van der Waals surface area (Å²) in [6, 6.07) is -0.245. The molecule has 8 bridgehead atoms. The predicted molar refractivity (Wildman–Crippen MR) is 159 cm³/mol.